The first-order chi connectivity index (χ1) is 16.0. The molecule has 14 heteroatoms. The van der Waals surface area contributed by atoms with E-state index < -0.39 is 91.9 Å². The lowest BCUT2D eigenvalue weighted by atomic mass is 9.86. The van der Waals surface area contributed by atoms with Gasteiger partial charge in [-0.15, -0.1) is 4.95 Å². The largest absolute Gasteiger partial charge is 0.206 e. The Morgan fingerprint density at radius 2 is 0.912 bits per heavy atom. The van der Waals surface area contributed by atoms with Gasteiger partial charge < -0.3 is 0 Å². The summed E-state index contributed by atoms with van der Waals surface area (Å²) in [5, 5.41) is 11.9. The second kappa shape index (κ2) is 8.82. The van der Waals surface area contributed by atoms with Gasteiger partial charge in [0.05, 0.1) is 21.9 Å². The SMILES string of the molecule is [C-]#[N+]/N=C1\C=C(c2c(F)c(F)c(F)c(F)c2F)C(=NC#N)C=C1c1c(F)c(F)c(F)c(F)c1F. The molecule has 0 aliphatic heterocycles. The minimum absolute atomic E-state index is 0.332. The van der Waals surface area contributed by atoms with Crippen molar-refractivity contribution in [3.63, 3.8) is 0 Å². The van der Waals surface area contributed by atoms with Crippen LogP contribution in [0.1, 0.15) is 11.1 Å². The fourth-order valence-electron chi connectivity index (χ4n) is 2.94. The maximum absolute atomic E-state index is 14.3. The highest BCUT2D eigenvalue weighted by molar-refractivity contribution is 6.46. The lowest BCUT2D eigenvalue weighted by Gasteiger charge is -2.18. The summed E-state index contributed by atoms with van der Waals surface area (Å²) in [6, 6.07) is 0. The van der Waals surface area contributed by atoms with Gasteiger partial charge in [-0.2, -0.15) is 16.8 Å². The van der Waals surface area contributed by atoms with Crippen molar-refractivity contribution < 1.29 is 43.9 Å². The molecule has 0 amide bonds. The molecule has 2 aromatic rings. The molecule has 0 saturated heterocycles. The molecule has 3 rings (SSSR count). The first-order valence-electron chi connectivity index (χ1n) is 8.36. The van der Waals surface area contributed by atoms with Crippen LogP contribution < -0.4 is 0 Å². The van der Waals surface area contributed by atoms with Crippen LogP contribution in [0.15, 0.2) is 22.2 Å². The van der Waals surface area contributed by atoms with E-state index in [0.29, 0.717) is 12.2 Å². The number of hydrogen-bond acceptors (Lipinski definition) is 3. The van der Waals surface area contributed by atoms with Crippen molar-refractivity contribution >= 4 is 22.6 Å². The summed E-state index contributed by atoms with van der Waals surface area (Å²) >= 11 is 0. The molecular formula is C20H2F10N4. The van der Waals surface area contributed by atoms with Crippen LogP contribution in [0, 0.1) is 76.2 Å². The third-order valence-corrected chi connectivity index (χ3v) is 4.40. The summed E-state index contributed by atoms with van der Waals surface area (Å²) in [5.41, 5.74) is -7.45. The summed E-state index contributed by atoms with van der Waals surface area (Å²) < 4.78 is 139. The summed E-state index contributed by atoms with van der Waals surface area (Å²) in [4.78, 5) is 5.56. The van der Waals surface area contributed by atoms with E-state index in [4.69, 9.17) is 11.8 Å². The summed E-state index contributed by atoms with van der Waals surface area (Å²) in [7, 11) is 0. The van der Waals surface area contributed by atoms with Gasteiger partial charge in [0.15, 0.2) is 52.2 Å². The number of halogens is 10. The molecule has 0 atom stereocenters. The van der Waals surface area contributed by atoms with E-state index in [1.54, 1.807) is 0 Å². The minimum atomic E-state index is -2.53. The van der Waals surface area contributed by atoms with E-state index in [-0.39, 0.29) is 0 Å². The number of hydrogen-bond donors (Lipinski definition) is 0. The van der Waals surface area contributed by atoms with Crippen molar-refractivity contribution in [2.24, 2.45) is 10.1 Å². The Hall–Kier alpha value is -4.46. The van der Waals surface area contributed by atoms with Crippen LogP contribution in [0.5, 0.6) is 0 Å². The van der Waals surface area contributed by atoms with Gasteiger partial charge in [0.25, 0.3) is 0 Å². The van der Waals surface area contributed by atoms with E-state index in [1.807, 2.05) is 0 Å². The third-order valence-electron chi connectivity index (χ3n) is 4.40. The minimum Gasteiger partial charge on any atom is -0.203 e. The Bertz CT molecular complexity index is 1300. The first kappa shape index (κ1) is 24.2. The molecule has 2 aromatic carbocycles. The zero-order valence-corrected chi connectivity index (χ0v) is 15.7. The van der Waals surface area contributed by atoms with Gasteiger partial charge in [-0.1, -0.05) is 0 Å². The molecule has 0 bridgehead atoms. The van der Waals surface area contributed by atoms with Gasteiger partial charge in [0.2, 0.25) is 17.8 Å². The normalized spacial score (nSPS) is 15.8. The van der Waals surface area contributed by atoms with Gasteiger partial charge in [-0.3, -0.25) is 0 Å². The second-order valence-electron chi connectivity index (χ2n) is 6.19. The van der Waals surface area contributed by atoms with Gasteiger partial charge in [-0.25, -0.2) is 43.9 Å². The van der Waals surface area contributed by atoms with E-state index >= 15 is 0 Å². The summed E-state index contributed by atoms with van der Waals surface area (Å²) in [6.45, 7) is 6.79. The van der Waals surface area contributed by atoms with Crippen LogP contribution >= 0.6 is 0 Å². The van der Waals surface area contributed by atoms with Crippen LogP contribution in [0.4, 0.5) is 43.9 Å². The van der Waals surface area contributed by atoms with Crippen molar-refractivity contribution in [1.82, 2.24) is 0 Å². The number of allylic oxidation sites excluding steroid dienone is 4. The number of aliphatic imine (C=N–C) groups is 1. The quantitative estimate of drug-likeness (QED) is 0.101. The molecule has 34 heavy (non-hydrogen) atoms. The van der Waals surface area contributed by atoms with Crippen LogP contribution in [0.3, 0.4) is 0 Å². The van der Waals surface area contributed by atoms with E-state index in [1.165, 1.54) is 0 Å². The molecule has 1 aliphatic rings. The molecule has 0 N–H and O–H groups in total. The molecule has 0 heterocycles. The van der Waals surface area contributed by atoms with Crippen molar-refractivity contribution in [3.8, 4) is 6.19 Å². The zero-order chi connectivity index (χ0) is 25.5. The van der Waals surface area contributed by atoms with Gasteiger partial charge in [0.1, 0.15) is 0 Å². The standard InChI is InChI=1S/C20H2F10N4/c1-32-34-8-3-5(9-11(21)15(25)19(29)16(26)12(9)22)7(33-4-31)2-6(8)10-13(23)17(27)20(30)18(28)14(10)24/h2-3H/b33-7?,34-8+. The molecule has 0 spiro atoms. The Balaban J connectivity index is 2.42. The predicted molar refractivity (Wildman–Crippen MR) is 95.5 cm³/mol. The van der Waals surface area contributed by atoms with Gasteiger partial charge >= 0.3 is 0 Å². The Kier molecular flexibility index (Phi) is 6.27. The van der Waals surface area contributed by atoms with Crippen molar-refractivity contribution in [2.75, 3.05) is 0 Å². The number of nitriles is 1. The summed E-state index contributed by atoms with van der Waals surface area (Å²) in [6.07, 6.45) is 1.76. The molecule has 172 valence electrons. The zero-order valence-electron chi connectivity index (χ0n) is 15.7. The maximum atomic E-state index is 14.3. The molecule has 4 nitrogen and oxygen atoms in total. The fourth-order valence-corrected chi connectivity index (χ4v) is 2.94. The number of rotatable bonds is 2. The van der Waals surface area contributed by atoms with Gasteiger partial charge in [-0.05, 0) is 12.2 Å². The average molecular weight is 488 g/mol. The fraction of sp³-hybridized carbons (Fsp3) is 0. The van der Waals surface area contributed by atoms with Crippen LogP contribution in [-0.4, -0.2) is 11.4 Å². The third kappa shape index (κ3) is 3.59. The molecule has 0 fully saturated rings. The highest BCUT2D eigenvalue weighted by Gasteiger charge is 2.35. The summed E-state index contributed by atoms with van der Waals surface area (Å²) in [5.74, 6) is -24.2. The molecule has 0 aromatic heterocycles. The van der Waals surface area contributed by atoms with Crippen LogP contribution in [0.25, 0.3) is 16.1 Å². The molecule has 1 aliphatic carbocycles. The Labute approximate surface area is 181 Å². The van der Waals surface area contributed by atoms with Gasteiger partial charge in [0, 0.05) is 11.1 Å². The second-order valence-corrected chi connectivity index (χ2v) is 6.19. The smallest absolute Gasteiger partial charge is 0.203 e. The number of benzene rings is 2. The van der Waals surface area contributed by atoms with E-state index in [9.17, 15) is 43.9 Å². The predicted octanol–water partition coefficient (Wildman–Crippen LogP) is 5.76. The Morgan fingerprint density at radius 3 is 1.26 bits per heavy atom. The van der Waals surface area contributed by atoms with Crippen LogP contribution in [-0.2, 0) is 0 Å². The average Bonchev–Trinajstić information content (AvgIpc) is 2.81. The molecular weight excluding hydrogens is 486 g/mol. The number of nitrogens with zero attached hydrogens (tertiary/aromatic N) is 4. The topological polar surface area (TPSA) is 52.9 Å². The maximum Gasteiger partial charge on any atom is 0.206 e. The first-order valence-corrected chi connectivity index (χ1v) is 8.36. The Morgan fingerprint density at radius 1 is 0.588 bits per heavy atom. The lowest BCUT2D eigenvalue weighted by molar-refractivity contribution is 0.376. The van der Waals surface area contributed by atoms with Crippen molar-refractivity contribution in [2.45, 2.75) is 0 Å². The van der Waals surface area contributed by atoms with Crippen molar-refractivity contribution in [3.05, 3.63) is 93.0 Å². The molecule has 0 radical (unpaired) electrons. The van der Waals surface area contributed by atoms with E-state index in [2.05, 4.69) is 15.0 Å². The lowest BCUT2D eigenvalue weighted by Crippen LogP contribution is -2.18. The van der Waals surface area contributed by atoms with Crippen LogP contribution in [0.2, 0.25) is 0 Å². The molecule has 0 saturated carbocycles. The van der Waals surface area contributed by atoms with Crippen molar-refractivity contribution in [1.29, 1.82) is 5.26 Å². The highest BCUT2D eigenvalue weighted by Crippen LogP contribution is 2.36. The monoisotopic (exact) mass is 488 g/mol. The highest BCUT2D eigenvalue weighted by atomic mass is 19.2. The molecule has 0 unspecified atom stereocenters. The van der Waals surface area contributed by atoms with E-state index in [0.717, 1.165) is 6.19 Å².